The number of carbonyl (C=O) groups is 1. The Morgan fingerprint density at radius 3 is 3.20 bits per heavy atom. The molecule has 0 atom stereocenters. The fourth-order valence-electron chi connectivity index (χ4n) is 3.01. The van der Waals surface area contributed by atoms with E-state index in [9.17, 15) is 9.59 Å². The second-order valence-corrected chi connectivity index (χ2v) is 7.97. The maximum atomic E-state index is 12.4. The van der Waals surface area contributed by atoms with E-state index in [1.54, 1.807) is 23.7 Å². The van der Waals surface area contributed by atoms with E-state index in [-0.39, 0.29) is 11.5 Å². The average molecular weight is 375 g/mol. The quantitative estimate of drug-likeness (QED) is 0.691. The molecule has 3 aromatic heterocycles. The standard InChI is InChI=1S/C17H17N3O3S2/c21-14(18-7-10-3-2-6-23-10)9-24-8-13-19-16(22)15-11-4-1-5-12(11)25-17(15)20-13/h2-3,6H,1,4-5,7-9H2,(H,18,21)(H,19,20,22). The molecule has 0 fully saturated rings. The summed E-state index contributed by atoms with van der Waals surface area (Å²) in [5.74, 6) is 2.09. The van der Waals surface area contributed by atoms with E-state index in [4.69, 9.17) is 4.42 Å². The van der Waals surface area contributed by atoms with Crippen molar-refractivity contribution in [2.75, 3.05) is 5.75 Å². The van der Waals surface area contributed by atoms with Gasteiger partial charge in [-0.15, -0.1) is 23.1 Å². The third-order valence-corrected chi connectivity index (χ3v) is 6.27. The summed E-state index contributed by atoms with van der Waals surface area (Å²) < 4.78 is 5.17. The largest absolute Gasteiger partial charge is 0.467 e. The van der Waals surface area contributed by atoms with Gasteiger partial charge >= 0.3 is 0 Å². The van der Waals surface area contributed by atoms with Crippen molar-refractivity contribution in [1.82, 2.24) is 15.3 Å². The molecule has 1 aliphatic carbocycles. The van der Waals surface area contributed by atoms with Crippen LogP contribution in [-0.2, 0) is 29.9 Å². The number of hydrogen-bond acceptors (Lipinski definition) is 6. The number of thioether (sulfide) groups is 1. The number of aromatic amines is 1. The SMILES string of the molecule is O=C(CSCc1nc2sc3c(c2c(=O)[nH]1)CCC3)NCc1ccco1. The maximum Gasteiger partial charge on any atom is 0.259 e. The van der Waals surface area contributed by atoms with Crippen LogP contribution in [-0.4, -0.2) is 21.6 Å². The molecule has 0 radical (unpaired) electrons. The fraction of sp³-hybridized carbons (Fsp3) is 0.353. The predicted molar refractivity (Wildman–Crippen MR) is 99.0 cm³/mol. The summed E-state index contributed by atoms with van der Waals surface area (Å²) in [7, 11) is 0. The molecule has 1 amide bonds. The lowest BCUT2D eigenvalue weighted by atomic mass is 10.2. The number of rotatable bonds is 6. The van der Waals surface area contributed by atoms with Gasteiger partial charge in [-0.2, -0.15) is 0 Å². The third kappa shape index (κ3) is 3.50. The highest BCUT2D eigenvalue weighted by Crippen LogP contribution is 2.34. The minimum Gasteiger partial charge on any atom is -0.467 e. The number of amides is 1. The number of fused-ring (bicyclic) bond motifs is 3. The molecule has 8 heteroatoms. The lowest BCUT2D eigenvalue weighted by Crippen LogP contribution is -2.24. The third-order valence-electron chi connectivity index (χ3n) is 4.14. The molecule has 25 heavy (non-hydrogen) atoms. The first kappa shape index (κ1) is 16.4. The first-order chi connectivity index (χ1) is 12.2. The number of thiophene rings is 1. The minimum atomic E-state index is -0.0695. The van der Waals surface area contributed by atoms with Crippen molar-refractivity contribution in [2.24, 2.45) is 0 Å². The number of H-pyrrole nitrogens is 1. The number of hydrogen-bond donors (Lipinski definition) is 2. The minimum absolute atomic E-state index is 0.0535. The molecular formula is C17H17N3O3S2. The van der Waals surface area contributed by atoms with Crippen molar-refractivity contribution in [3.05, 3.63) is 50.8 Å². The number of furan rings is 1. The highest BCUT2D eigenvalue weighted by Gasteiger charge is 2.21. The zero-order valence-electron chi connectivity index (χ0n) is 13.5. The molecule has 6 nitrogen and oxygen atoms in total. The Morgan fingerprint density at radius 2 is 2.36 bits per heavy atom. The van der Waals surface area contributed by atoms with E-state index in [0.717, 1.165) is 35.2 Å². The van der Waals surface area contributed by atoms with Crippen LogP contribution in [0.2, 0.25) is 0 Å². The summed E-state index contributed by atoms with van der Waals surface area (Å²) in [6.07, 6.45) is 4.73. The zero-order chi connectivity index (χ0) is 17.2. The van der Waals surface area contributed by atoms with Crippen molar-refractivity contribution in [3.8, 4) is 0 Å². The molecule has 3 heterocycles. The molecule has 0 saturated heterocycles. The van der Waals surface area contributed by atoms with Crippen LogP contribution in [0.5, 0.6) is 0 Å². The summed E-state index contributed by atoms with van der Waals surface area (Å²) in [5.41, 5.74) is 1.13. The molecular weight excluding hydrogens is 358 g/mol. The van der Waals surface area contributed by atoms with Crippen molar-refractivity contribution < 1.29 is 9.21 Å². The smallest absolute Gasteiger partial charge is 0.259 e. The lowest BCUT2D eigenvalue weighted by molar-refractivity contribution is -0.118. The highest BCUT2D eigenvalue weighted by molar-refractivity contribution is 7.99. The van der Waals surface area contributed by atoms with Crippen LogP contribution in [0, 0.1) is 0 Å². The molecule has 3 aromatic rings. The predicted octanol–water partition coefficient (Wildman–Crippen LogP) is 2.62. The maximum absolute atomic E-state index is 12.4. The van der Waals surface area contributed by atoms with E-state index < -0.39 is 0 Å². The summed E-state index contributed by atoms with van der Waals surface area (Å²) in [6.45, 7) is 0.383. The van der Waals surface area contributed by atoms with Crippen molar-refractivity contribution in [1.29, 1.82) is 0 Å². The van der Waals surface area contributed by atoms with Gasteiger partial charge in [0, 0.05) is 4.88 Å². The van der Waals surface area contributed by atoms with E-state index >= 15 is 0 Å². The summed E-state index contributed by atoms with van der Waals surface area (Å²) in [5, 5.41) is 3.56. The Bertz CT molecular complexity index is 960. The molecule has 130 valence electrons. The first-order valence-corrected chi connectivity index (χ1v) is 10.1. The monoisotopic (exact) mass is 375 g/mol. The number of nitrogens with one attached hydrogen (secondary N) is 2. The van der Waals surface area contributed by atoms with Gasteiger partial charge in [0.25, 0.3) is 5.56 Å². The molecule has 0 aromatic carbocycles. The van der Waals surface area contributed by atoms with Gasteiger partial charge in [-0.05, 0) is 37.0 Å². The van der Waals surface area contributed by atoms with Crippen LogP contribution < -0.4 is 10.9 Å². The number of aryl methyl sites for hydroxylation is 2. The summed E-state index contributed by atoms with van der Waals surface area (Å²) in [4.78, 5) is 33.8. The molecule has 4 rings (SSSR count). The molecule has 0 spiro atoms. The molecule has 1 aliphatic rings. The Morgan fingerprint density at radius 1 is 1.44 bits per heavy atom. The van der Waals surface area contributed by atoms with Crippen molar-refractivity contribution in [3.63, 3.8) is 0 Å². The topological polar surface area (TPSA) is 88.0 Å². The van der Waals surface area contributed by atoms with Crippen LogP contribution in [0.1, 0.15) is 28.4 Å². The molecule has 0 saturated carbocycles. The van der Waals surface area contributed by atoms with Crippen LogP contribution in [0.4, 0.5) is 0 Å². The van der Waals surface area contributed by atoms with Gasteiger partial charge < -0.3 is 14.7 Å². The number of nitrogens with zero attached hydrogens (tertiary/aromatic N) is 1. The first-order valence-electron chi connectivity index (χ1n) is 8.11. The van der Waals surface area contributed by atoms with Crippen LogP contribution in [0.3, 0.4) is 0 Å². The van der Waals surface area contributed by atoms with Gasteiger partial charge in [-0.25, -0.2) is 4.98 Å². The molecule has 0 unspecified atom stereocenters. The summed E-state index contributed by atoms with van der Waals surface area (Å²) in [6, 6.07) is 3.60. The van der Waals surface area contributed by atoms with Crippen LogP contribution in [0.15, 0.2) is 27.6 Å². The van der Waals surface area contributed by atoms with Crippen molar-refractivity contribution >= 4 is 39.2 Å². The number of aromatic nitrogens is 2. The highest BCUT2D eigenvalue weighted by atomic mass is 32.2. The fourth-order valence-corrected chi connectivity index (χ4v) is 5.01. The van der Waals surface area contributed by atoms with E-state index in [2.05, 4.69) is 15.3 Å². The Hall–Kier alpha value is -2.06. The van der Waals surface area contributed by atoms with E-state index in [0.29, 0.717) is 23.9 Å². The number of carbonyl (C=O) groups excluding carboxylic acids is 1. The van der Waals surface area contributed by atoms with Crippen LogP contribution >= 0.6 is 23.1 Å². The van der Waals surface area contributed by atoms with Gasteiger partial charge in [0.05, 0.1) is 29.7 Å². The molecule has 0 bridgehead atoms. The molecule has 2 N–H and O–H groups in total. The Balaban J connectivity index is 1.35. The second kappa shape index (κ2) is 7.05. The van der Waals surface area contributed by atoms with Gasteiger partial charge in [0.15, 0.2) is 0 Å². The Kier molecular flexibility index (Phi) is 4.63. The zero-order valence-corrected chi connectivity index (χ0v) is 15.1. The lowest BCUT2D eigenvalue weighted by Gasteiger charge is -2.04. The Labute approximate surface area is 152 Å². The second-order valence-electron chi connectivity index (χ2n) is 5.90. The van der Waals surface area contributed by atoms with Gasteiger partial charge in [-0.3, -0.25) is 9.59 Å². The van der Waals surface area contributed by atoms with Gasteiger partial charge in [0.1, 0.15) is 16.4 Å². The van der Waals surface area contributed by atoms with E-state index in [1.807, 2.05) is 6.07 Å². The van der Waals surface area contributed by atoms with E-state index in [1.165, 1.54) is 22.2 Å². The normalized spacial score (nSPS) is 13.3. The van der Waals surface area contributed by atoms with Gasteiger partial charge in [0.2, 0.25) is 5.91 Å². The summed E-state index contributed by atoms with van der Waals surface area (Å²) >= 11 is 3.06. The average Bonchev–Trinajstić information content (AvgIpc) is 3.29. The molecule has 0 aliphatic heterocycles. The van der Waals surface area contributed by atoms with Gasteiger partial charge in [-0.1, -0.05) is 0 Å². The van der Waals surface area contributed by atoms with Crippen molar-refractivity contribution in [2.45, 2.75) is 31.6 Å². The van der Waals surface area contributed by atoms with Crippen LogP contribution in [0.25, 0.3) is 10.2 Å².